The van der Waals surface area contributed by atoms with E-state index in [0.29, 0.717) is 27.6 Å². The summed E-state index contributed by atoms with van der Waals surface area (Å²) in [5, 5.41) is 1.90. The van der Waals surface area contributed by atoms with Gasteiger partial charge in [0.15, 0.2) is 34.9 Å². The summed E-state index contributed by atoms with van der Waals surface area (Å²) in [6.45, 7) is 16.8. The molecule has 7 aromatic carbocycles. The van der Waals surface area contributed by atoms with Crippen LogP contribution in [-0.4, -0.2) is 12.3 Å². The third-order valence-electron chi connectivity index (χ3n) is 13.7. The van der Waals surface area contributed by atoms with Gasteiger partial charge < -0.3 is 0 Å². The summed E-state index contributed by atoms with van der Waals surface area (Å²) >= 11 is 0. The van der Waals surface area contributed by atoms with Gasteiger partial charge in [0.2, 0.25) is 0 Å². The van der Waals surface area contributed by atoms with E-state index in [-0.39, 0.29) is 16.7 Å². The lowest BCUT2D eigenvalue weighted by Gasteiger charge is -2.53. The lowest BCUT2D eigenvalue weighted by atomic mass is 9.16. The molecule has 1 heterocycles. The van der Waals surface area contributed by atoms with Crippen molar-refractivity contribution in [2.45, 2.75) is 68.6 Å². The number of halogens is 10. The predicted molar refractivity (Wildman–Crippen MR) is 269 cm³/mol. The Kier molecular flexibility index (Phi) is 13.7. The van der Waals surface area contributed by atoms with Gasteiger partial charge in [-0.3, -0.25) is 0 Å². The zero-order chi connectivity index (χ0) is 50.9. The molecule has 0 aliphatic carbocycles. The van der Waals surface area contributed by atoms with Crippen molar-refractivity contribution < 1.29 is 43.9 Å². The van der Waals surface area contributed by atoms with E-state index in [1.165, 1.54) is 0 Å². The fourth-order valence-electron chi connectivity index (χ4n) is 11.7. The van der Waals surface area contributed by atoms with Crippen molar-refractivity contribution in [3.63, 3.8) is 0 Å². The zero-order valence-corrected chi connectivity index (χ0v) is 41.7. The van der Waals surface area contributed by atoms with Gasteiger partial charge in [-0.15, -0.1) is 22.5 Å². The van der Waals surface area contributed by atoms with E-state index in [2.05, 4.69) is 11.6 Å². The first-order valence-corrected chi connectivity index (χ1v) is 25.9. The van der Waals surface area contributed by atoms with Crippen LogP contribution < -0.4 is 26.8 Å². The molecule has 1 unspecified atom stereocenters. The average Bonchev–Trinajstić information content (AvgIpc) is 3.30. The van der Waals surface area contributed by atoms with Gasteiger partial charge in [-0.1, -0.05) is 113 Å². The van der Waals surface area contributed by atoms with Crippen molar-refractivity contribution in [2.75, 3.05) is 6.16 Å². The minimum absolute atomic E-state index is 0.227. The molecule has 1 aliphatic rings. The van der Waals surface area contributed by atoms with Crippen LogP contribution in [0.15, 0.2) is 102 Å². The van der Waals surface area contributed by atoms with E-state index in [4.69, 9.17) is 0 Å². The quantitative estimate of drug-likeness (QED) is 0.0373. The fourth-order valence-corrected chi connectivity index (χ4v) is 21.2. The normalized spacial score (nSPS) is 14.7. The molecule has 0 aromatic heterocycles. The number of hydrogen-bond acceptors (Lipinski definition) is 0. The molecule has 1 aliphatic heterocycles. The van der Waals surface area contributed by atoms with Gasteiger partial charge in [-0.2, -0.15) is 0 Å². The van der Waals surface area contributed by atoms with Crippen LogP contribution in [0.4, 0.5) is 43.9 Å². The van der Waals surface area contributed by atoms with Crippen LogP contribution in [0.2, 0.25) is 6.32 Å². The highest BCUT2D eigenvalue weighted by Gasteiger charge is 2.61. The summed E-state index contributed by atoms with van der Waals surface area (Å²) in [6.07, 6.45) is -5.70. The monoisotopic (exact) mass is 994 g/mol. The van der Waals surface area contributed by atoms with E-state index in [9.17, 15) is 0 Å². The van der Waals surface area contributed by atoms with Crippen molar-refractivity contribution in [3.8, 4) is 11.6 Å². The Balaban J connectivity index is 1.84. The molecule has 13 heteroatoms. The topological polar surface area (TPSA) is 0 Å². The summed E-state index contributed by atoms with van der Waals surface area (Å²) in [4.78, 5) is 0. The fraction of sp³-hybridized carbons (Fsp3) is 0.193. The van der Waals surface area contributed by atoms with E-state index in [1.807, 2.05) is 84.9 Å². The van der Waals surface area contributed by atoms with Crippen LogP contribution in [0, 0.1) is 132 Å². The van der Waals surface area contributed by atoms with Gasteiger partial charge in [-0.25, -0.2) is 43.9 Å². The van der Waals surface area contributed by atoms with Gasteiger partial charge in [0.1, 0.15) is 47.3 Å². The van der Waals surface area contributed by atoms with Crippen molar-refractivity contribution in [3.05, 3.63) is 222 Å². The minimum atomic E-state index is -4.55. The smallest absolute Gasteiger partial charge is 0.200 e. The highest BCUT2D eigenvalue weighted by molar-refractivity contribution is 7.99. The highest BCUT2D eigenvalue weighted by atomic mass is 31.2. The van der Waals surface area contributed by atoms with Crippen molar-refractivity contribution >= 4 is 53.5 Å². The summed E-state index contributed by atoms with van der Waals surface area (Å²) in [5.74, 6) is -21.6. The van der Waals surface area contributed by atoms with Crippen LogP contribution in [0.5, 0.6) is 0 Å². The van der Waals surface area contributed by atoms with Gasteiger partial charge in [0.25, 0.3) is 0 Å². The average molecular weight is 995 g/mol. The molecule has 70 heavy (non-hydrogen) atoms. The number of rotatable bonds is 7. The Bertz CT molecular complexity index is 3140. The SMILES string of the molecule is Cc1cc(C)c(P(C#Cc2ccccc2)C2=C(c3ccccc3)[P+](c3c(C)cc(C)cc3C)(c3c(C)cc(C)cc3C)CC[B-]2(c2c(F)c(F)c(F)c(F)c2F)c2c(F)c(F)c(F)c(F)c2F)c(C)c1. The molecular formula is C57H47BF10P2. The number of hydrogen-bond donors (Lipinski definition) is 0. The van der Waals surface area contributed by atoms with Crippen LogP contribution in [-0.2, 0) is 0 Å². The Hall–Kier alpha value is -5.94. The number of benzene rings is 7. The molecule has 0 N–H and O–H groups in total. The molecule has 0 radical (unpaired) electrons. The van der Waals surface area contributed by atoms with Gasteiger partial charge in [0.05, 0.1) is 5.31 Å². The molecule has 1 atom stereocenters. The first-order chi connectivity index (χ1) is 33.1. The number of aryl methyl sites for hydroxylation is 9. The lowest BCUT2D eigenvalue weighted by molar-refractivity contribution is 0.381. The molecule has 0 spiro atoms. The van der Waals surface area contributed by atoms with Crippen molar-refractivity contribution in [1.82, 2.24) is 0 Å². The third kappa shape index (κ3) is 8.00. The highest BCUT2D eigenvalue weighted by Crippen LogP contribution is 2.77. The molecule has 0 bridgehead atoms. The van der Waals surface area contributed by atoms with E-state index >= 15 is 43.9 Å². The lowest BCUT2D eigenvalue weighted by Crippen LogP contribution is -2.67. The maximum Gasteiger partial charge on any atom is 0.200 e. The standard InChI is InChI=1S/C57H47BF10P2/c1-30-24-33(4)53(34(5)25-30)69(22-20-39-16-12-10-13-17-39)57-56(40-18-14-11-15-19-40)70(54-35(6)26-31(2)27-36(54)7,55-37(8)28-32(3)29-38(55)9)23-21-58(57,41-43(59)47(63)51(67)48(64)44(41)60)42-45(61)49(65)52(68)50(66)46(42)62/h10-19,24-29H,21,23H2,1-9H3. The predicted octanol–water partition coefficient (Wildman–Crippen LogP) is 13.8. The zero-order valence-electron chi connectivity index (χ0n) is 39.9. The van der Waals surface area contributed by atoms with E-state index < -0.39 is 96.7 Å². The van der Waals surface area contributed by atoms with E-state index in [0.717, 1.165) is 49.6 Å². The minimum Gasteiger partial charge on any atom is -0.207 e. The molecule has 8 rings (SSSR count). The summed E-state index contributed by atoms with van der Waals surface area (Å²) < 4.78 is 167. The van der Waals surface area contributed by atoms with Crippen LogP contribution in [0.25, 0.3) is 5.31 Å². The second kappa shape index (κ2) is 19.0. The molecule has 0 nitrogen and oxygen atoms in total. The maximum absolute atomic E-state index is 17.6. The van der Waals surface area contributed by atoms with Crippen molar-refractivity contribution in [2.24, 2.45) is 0 Å². The summed E-state index contributed by atoms with van der Waals surface area (Å²) in [5.41, 5.74) is 7.46. The van der Waals surface area contributed by atoms with Crippen LogP contribution in [0.1, 0.15) is 61.2 Å². The molecule has 0 fully saturated rings. The van der Waals surface area contributed by atoms with Gasteiger partial charge in [-0.05, 0) is 121 Å². The maximum atomic E-state index is 17.6. The largest absolute Gasteiger partial charge is 0.207 e. The van der Waals surface area contributed by atoms with Crippen molar-refractivity contribution in [1.29, 1.82) is 0 Å². The molecule has 7 aromatic rings. The second-order valence-electron chi connectivity index (χ2n) is 18.6. The Labute approximate surface area is 403 Å². The third-order valence-corrected chi connectivity index (χ3v) is 21.7. The molecule has 358 valence electrons. The van der Waals surface area contributed by atoms with Gasteiger partial charge >= 0.3 is 0 Å². The molecule has 0 amide bonds. The Morgan fingerprint density at radius 2 is 0.786 bits per heavy atom. The Morgan fingerprint density at radius 1 is 0.443 bits per heavy atom. The van der Waals surface area contributed by atoms with Crippen LogP contribution in [0.3, 0.4) is 0 Å². The molecule has 0 saturated carbocycles. The summed E-state index contributed by atoms with van der Waals surface area (Å²) in [6, 6.07) is 28.5. The molecule has 0 saturated heterocycles. The summed E-state index contributed by atoms with van der Waals surface area (Å²) in [7, 11) is -6.31. The van der Waals surface area contributed by atoms with Crippen LogP contribution >= 0.6 is 15.2 Å². The Morgan fingerprint density at radius 3 is 1.17 bits per heavy atom. The van der Waals surface area contributed by atoms with Gasteiger partial charge in [0, 0.05) is 17.3 Å². The second-order valence-corrected chi connectivity index (χ2v) is 23.8. The first kappa shape index (κ1) is 50.5. The first-order valence-electron chi connectivity index (χ1n) is 22.6. The van der Waals surface area contributed by atoms with E-state index in [1.54, 1.807) is 74.5 Å². The molecular weight excluding hydrogens is 947 g/mol.